The molecule has 0 aliphatic rings. The van der Waals surface area contributed by atoms with Crippen molar-refractivity contribution in [2.75, 3.05) is 0 Å². The van der Waals surface area contributed by atoms with Gasteiger partial charge in [-0.25, -0.2) is 17.6 Å². The molecule has 0 aliphatic carbocycles. The molecule has 14 aromatic rings. The average molecular weight is 2790 g/mol. The quantitative estimate of drug-likeness (QED) is 0.0892. The van der Waals surface area contributed by atoms with E-state index in [4.69, 9.17) is 0 Å². The Morgan fingerprint density at radius 3 is 0.902 bits per heavy atom. The van der Waals surface area contributed by atoms with Gasteiger partial charge in [0.05, 0.1) is 23.3 Å². The van der Waals surface area contributed by atoms with Gasteiger partial charge in [-0.1, -0.05) is 160 Å². The molecule has 112 heavy (non-hydrogen) atoms. The van der Waals surface area contributed by atoms with E-state index >= 15 is 0 Å². The minimum Gasteiger partial charge on any atom is -0.305 e. The van der Waals surface area contributed by atoms with E-state index in [9.17, 15) is 74.6 Å². The molecule has 0 N–H and O–H groups in total. The number of aryl methyl sites for hydroxylation is 4. The second-order valence-corrected chi connectivity index (χ2v) is 21.5. The van der Waals surface area contributed by atoms with Crippen molar-refractivity contribution in [1.82, 2.24) is 34.9 Å². The Morgan fingerprint density at radius 1 is 0.232 bits per heavy atom. The van der Waals surface area contributed by atoms with Crippen LogP contribution in [0.5, 0.6) is 0 Å². The van der Waals surface area contributed by atoms with Gasteiger partial charge in [-0.3, -0.25) is 57.1 Å². The van der Waals surface area contributed by atoms with E-state index in [1.165, 1.54) is 24.5 Å². The van der Waals surface area contributed by atoms with Crippen LogP contribution in [-0.4, -0.2) is 34.9 Å². The maximum absolute atomic E-state index is 13.4. The zero-order chi connectivity index (χ0) is 75.9. The van der Waals surface area contributed by atoms with Crippen LogP contribution in [0.4, 0.5) is 74.6 Å². The zero-order valence-corrected chi connectivity index (χ0v) is 73.9. The van der Waals surface area contributed by atoms with Gasteiger partial charge in [0.15, 0.2) is 0 Å². The number of nitrogens with zero attached hydrogens (tertiary/aromatic N) is 7. The Kier molecular flexibility index (Phi) is 45.7. The van der Waals surface area contributed by atoms with Gasteiger partial charge < -0.3 is 34.9 Å². The number of aromatic nitrogens is 7. The van der Waals surface area contributed by atoms with Gasteiger partial charge in [0.1, 0.15) is 5.82 Å². The van der Waals surface area contributed by atoms with E-state index in [0.29, 0.717) is 46.7 Å². The summed E-state index contributed by atoms with van der Waals surface area (Å²) >= 11 is 0. The predicted octanol–water partition coefficient (Wildman–Crippen LogP) is 21.4. The van der Waals surface area contributed by atoms with Gasteiger partial charge in [0, 0.05) is 252 Å². The molecule has 7 heterocycles. The number of hydrogen-bond donors (Lipinski definition) is 0. The summed E-state index contributed by atoms with van der Waals surface area (Å²) in [6.07, 6.45) is 5.78. The molecule has 7 radical (unpaired) electrons. The van der Waals surface area contributed by atoms with Crippen molar-refractivity contribution in [3.8, 4) is 78.8 Å². The van der Waals surface area contributed by atoms with Crippen molar-refractivity contribution in [3.63, 3.8) is 0 Å². The van der Waals surface area contributed by atoms with Gasteiger partial charge in [0.25, 0.3) is 0 Å². The molecule has 14 rings (SSSR count). The molecule has 0 amide bonds. The molecule has 7 aromatic carbocycles. The Balaban J connectivity index is 0.000000647. The van der Waals surface area contributed by atoms with Crippen LogP contribution in [0.15, 0.2) is 213 Å². The third kappa shape index (κ3) is 31.0. The largest absolute Gasteiger partial charge is 0.305 e. The van der Waals surface area contributed by atoms with Crippen LogP contribution in [0.25, 0.3) is 78.8 Å². The minimum atomic E-state index is -1.26. The van der Waals surface area contributed by atoms with E-state index in [-0.39, 0.29) is 197 Å². The minimum absolute atomic E-state index is 0. The third-order valence-corrected chi connectivity index (χ3v) is 13.6. The fourth-order valence-electron chi connectivity index (χ4n) is 8.81. The molecule has 0 saturated heterocycles. The summed E-state index contributed by atoms with van der Waals surface area (Å²) in [5.41, 5.74) is 5.75. The maximum Gasteiger partial charge on any atom is 0.117 e. The average Bonchev–Trinajstić information content (AvgIpc) is 0.822. The van der Waals surface area contributed by atoms with Crippen LogP contribution in [0.3, 0.4) is 0 Å². The Hall–Kier alpha value is -8.05. The molecule has 0 aliphatic heterocycles. The number of rotatable bonds is 7. The Labute approximate surface area is 726 Å². The normalized spacial score (nSPS) is 9.69. The van der Waals surface area contributed by atoms with Crippen molar-refractivity contribution in [2.45, 2.75) is 27.7 Å². The summed E-state index contributed by atoms with van der Waals surface area (Å²) < 4.78 is 220. The Bertz CT molecular complexity index is 5090. The fourth-order valence-corrected chi connectivity index (χ4v) is 8.81. The van der Waals surface area contributed by atoms with Crippen molar-refractivity contribution < 1.29 is 215 Å². The molecule has 0 fully saturated rings. The Morgan fingerprint density at radius 2 is 0.545 bits per heavy atom. The molecule has 7 nitrogen and oxygen atoms in total. The first-order valence-electron chi connectivity index (χ1n) is 30.4. The van der Waals surface area contributed by atoms with Gasteiger partial charge in [0.2, 0.25) is 0 Å². The summed E-state index contributed by atoms with van der Waals surface area (Å²) in [4.78, 5) is 27.8. The third-order valence-electron chi connectivity index (χ3n) is 13.6. The molecule has 7 aromatic heterocycles. The summed E-state index contributed by atoms with van der Waals surface area (Å²) in [5, 5.41) is 0. The molecular formula is C81H47F17Ir7N7-7. The number of pyridine rings is 7. The van der Waals surface area contributed by atoms with Crippen molar-refractivity contribution in [2.24, 2.45) is 0 Å². The topological polar surface area (TPSA) is 90.2 Å². The van der Waals surface area contributed by atoms with Crippen LogP contribution in [0.1, 0.15) is 22.6 Å². The van der Waals surface area contributed by atoms with Crippen LogP contribution >= 0.6 is 0 Å². The molecule has 0 bridgehead atoms. The van der Waals surface area contributed by atoms with E-state index in [1.54, 1.807) is 105 Å². The van der Waals surface area contributed by atoms with Crippen LogP contribution < -0.4 is 0 Å². The van der Waals surface area contributed by atoms with Crippen LogP contribution in [0.2, 0.25) is 0 Å². The van der Waals surface area contributed by atoms with E-state index < -0.39 is 98.9 Å². The van der Waals surface area contributed by atoms with Gasteiger partial charge in [-0.2, -0.15) is 0 Å². The van der Waals surface area contributed by atoms with Gasteiger partial charge in [-0.05, 0) is 116 Å². The number of hydrogen-bond acceptors (Lipinski definition) is 7. The standard InChI is InChI=1S/C12H7F3N.3C12H8F2N.2C11H5F3N.C11H6F2N.7Ir/c1-7-3-2-4-12(16-7)8-5-10(14)11(15)6-9(8)13;1-8-4-5-15-12(6-8)10-3-2-9(13)7-11(10)14;1-8-3-2-4-12(15-8)10-7-9(13)5-6-11(10)14;1-8-3-2-4-12(15-8)10-6-5-9(13)7-11(10)14;12-7-1-2-9(10(14)5-7)11-6-8(13)3-4-15-11;12-8-6-10(14)9(13)5-7(8)11-3-1-2-4-15-11;12-8-4-5-9(10(13)7-8)11-3-1-2-6-14-11;;;;;;;/h2-4,6H,1H3;2,4-7H,1H3;2-6H,1H3;2-5,7H,1H3;1,3-6H;1-4,6H;1-4,6-7H;;;;;;;/q7*-1;;;;;;;. The zero-order valence-electron chi connectivity index (χ0n) is 57.1. The maximum atomic E-state index is 13.4. The van der Waals surface area contributed by atoms with E-state index in [0.717, 1.165) is 83.7 Å². The SMILES string of the molecule is Cc1cccc(-c2[c-]c(F)c(F)cc2F)n1.Cc1cccc(-c2[c-]c(F)ccc2F)n1.Cc1cccc(-c2[c-]cc(F)cc2F)n1.Cc1ccnc(-c2[c-]cc(F)cc2F)c1.Fc1[c-]c(-c2ccccn2)c(F)cc1F.Fc1c[c-]c(-c2ccccn2)c(F)c1.Fc1ccnc(-c2[c-]cc(F)cc2F)c1.[Ir].[Ir].[Ir].[Ir].[Ir].[Ir].[Ir]. The van der Waals surface area contributed by atoms with Crippen LogP contribution in [0, 0.1) is 169 Å². The second kappa shape index (κ2) is 50.2. The fraction of sp³-hybridized carbons (Fsp3) is 0.0494. The molecular weight excluding hydrogens is 2740 g/mol. The second-order valence-electron chi connectivity index (χ2n) is 21.5. The van der Waals surface area contributed by atoms with Crippen molar-refractivity contribution in [3.05, 3.63) is 377 Å². The summed E-state index contributed by atoms with van der Waals surface area (Å²) in [6.45, 7) is 7.21. The molecule has 595 valence electrons. The molecule has 0 atom stereocenters. The predicted molar refractivity (Wildman–Crippen MR) is 358 cm³/mol. The smallest absolute Gasteiger partial charge is 0.117 e. The molecule has 0 spiro atoms. The van der Waals surface area contributed by atoms with Crippen molar-refractivity contribution in [1.29, 1.82) is 0 Å². The molecule has 0 saturated carbocycles. The monoisotopic (exact) mass is 2790 g/mol. The van der Waals surface area contributed by atoms with Crippen LogP contribution in [-0.2, 0) is 141 Å². The number of halogens is 17. The first-order valence-corrected chi connectivity index (χ1v) is 30.4. The summed E-state index contributed by atoms with van der Waals surface area (Å²) in [5.74, 6) is -13.7. The first-order chi connectivity index (χ1) is 50.2. The first kappa shape index (κ1) is 102. The molecule has 31 heteroatoms. The summed E-state index contributed by atoms with van der Waals surface area (Å²) in [7, 11) is 0. The van der Waals surface area contributed by atoms with Gasteiger partial charge >= 0.3 is 0 Å². The number of benzene rings is 7. The van der Waals surface area contributed by atoms with E-state index in [2.05, 4.69) is 65.2 Å². The van der Waals surface area contributed by atoms with E-state index in [1.807, 2.05) is 38.1 Å². The molecule has 0 unspecified atom stereocenters. The van der Waals surface area contributed by atoms with Gasteiger partial charge in [-0.15, -0.1) is 66.7 Å². The van der Waals surface area contributed by atoms with Crippen molar-refractivity contribution >= 4 is 0 Å². The summed E-state index contributed by atoms with van der Waals surface area (Å²) in [6, 6.07) is 57.7.